The van der Waals surface area contributed by atoms with Gasteiger partial charge >= 0.3 is 0 Å². The number of ether oxygens (including phenoxy) is 1. The Hall–Kier alpha value is -2.25. The molecule has 27 heavy (non-hydrogen) atoms. The first-order valence-corrected chi connectivity index (χ1v) is 9.69. The molecule has 1 unspecified atom stereocenters. The summed E-state index contributed by atoms with van der Waals surface area (Å²) in [7, 11) is 0. The van der Waals surface area contributed by atoms with Crippen LogP contribution < -0.4 is 10.5 Å². The minimum absolute atomic E-state index is 0.0923. The topological polar surface area (TPSA) is 74.4 Å². The summed E-state index contributed by atoms with van der Waals surface area (Å²) >= 11 is 0. The van der Waals surface area contributed by atoms with Crippen LogP contribution in [0, 0.1) is 19.8 Å². The molecule has 2 saturated heterocycles. The molecule has 7 heteroatoms. The van der Waals surface area contributed by atoms with Crippen molar-refractivity contribution in [2.45, 2.75) is 20.3 Å². The second-order valence-corrected chi connectivity index (χ2v) is 7.55. The molecule has 0 radical (unpaired) electrons. The van der Waals surface area contributed by atoms with E-state index < -0.39 is 0 Å². The Morgan fingerprint density at radius 3 is 2.67 bits per heavy atom. The van der Waals surface area contributed by atoms with Crippen LogP contribution in [0.4, 0.5) is 5.82 Å². The van der Waals surface area contributed by atoms with Gasteiger partial charge in [-0.2, -0.15) is 0 Å². The van der Waals surface area contributed by atoms with Crippen LogP contribution in [0.1, 0.15) is 17.7 Å². The molecule has 0 amide bonds. The monoisotopic (exact) mass is 369 g/mol. The Labute approximate surface area is 159 Å². The second kappa shape index (κ2) is 7.78. The number of hydrogen-bond donors (Lipinski definition) is 1. The molecule has 1 atom stereocenters. The summed E-state index contributed by atoms with van der Waals surface area (Å²) < 4.78 is 5.48. The SMILES string of the molecule is Cc1nc(-c2ccc(N3CCN(CC4CCOC4)CC3)nc2)[nH]c(=O)c1C. The standard InChI is InChI=1S/C20H27N5O2/c1-14-15(2)22-19(23-20(14)26)17-3-4-18(21-11-17)25-8-6-24(7-9-25)12-16-5-10-27-13-16/h3-4,11,16H,5-10,12-13H2,1-2H3,(H,22,23,26). The van der Waals surface area contributed by atoms with E-state index in [0.717, 1.165) is 63.0 Å². The summed E-state index contributed by atoms with van der Waals surface area (Å²) in [6.45, 7) is 10.7. The van der Waals surface area contributed by atoms with E-state index >= 15 is 0 Å². The average molecular weight is 369 g/mol. The predicted octanol–water partition coefficient (Wildman–Crippen LogP) is 1.61. The highest BCUT2D eigenvalue weighted by Crippen LogP contribution is 2.20. The third kappa shape index (κ3) is 4.04. The van der Waals surface area contributed by atoms with Crippen molar-refractivity contribution in [3.05, 3.63) is 39.9 Å². The molecule has 2 aromatic rings. The van der Waals surface area contributed by atoms with Crippen LogP contribution in [0.2, 0.25) is 0 Å². The molecule has 2 aromatic heterocycles. The summed E-state index contributed by atoms with van der Waals surface area (Å²) in [6, 6.07) is 4.00. The Morgan fingerprint density at radius 2 is 2.04 bits per heavy atom. The van der Waals surface area contributed by atoms with Gasteiger partial charge in [0.2, 0.25) is 0 Å². The van der Waals surface area contributed by atoms with E-state index in [-0.39, 0.29) is 5.56 Å². The first-order valence-electron chi connectivity index (χ1n) is 9.69. The largest absolute Gasteiger partial charge is 0.381 e. The molecule has 2 aliphatic rings. The van der Waals surface area contributed by atoms with Crippen molar-refractivity contribution in [2.75, 3.05) is 50.8 Å². The fraction of sp³-hybridized carbons (Fsp3) is 0.550. The Bertz CT molecular complexity index is 834. The van der Waals surface area contributed by atoms with Crippen molar-refractivity contribution < 1.29 is 4.74 Å². The number of piperazine rings is 1. The number of aromatic amines is 1. The number of aryl methyl sites for hydroxylation is 1. The molecule has 144 valence electrons. The molecule has 0 bridgehead atoms. The van der Waals surface area contributed by atoms with Gasteiger partial charge in [0, 0.05) is 62.3 Å². The molecule has 0 aromatic carbocycles. The predicted molar refractivity (Wildman–Crippen MR) is 105 cm³/mol. The van der Waals surface area contributed by atoms with Crippen LogP contribution in [-0.2, 0) is 4.74 Å². The highest BCUT2D eigenvalue weighted by Gasteiger charge is 2.23. The summed E-state index contributed by atoms with van der Waals surface area (Å²) in [5, 5.41) is 0. The third-order valence-electron chi connectivity index (χ3n) is 5.65. The van der Waals surface area contributed by atoms with Crippen molar-refractivity contribution in [1.82, 2.24) is 19.9 Å². The van der Waals surface area contributed by atoms with Gasteiger partial charge in [0.1, 0.15) is 11.6 Å². The number of H-pyrrole nitrogens is 1. The molecular weight excluding hydrogens is 342 g/mol. The fourth-order valence-corrected chi connectivity index (χ4v) is 3.75. The third-order valence-corrected chi connectivity index (χ3v) is 5.65. The maximum atomic E-state index is 12.0. The van der Waals surface area contributed by atoms with Gasteiger partial charge in [-0.1, -0.05) is 0 Å². The molecule has 4 heterocycles. The summed E-state index contributed by atoms with van der Waals surface area (Å²) in [6.07, 6.45) is 2.99. The number of nitrogens with zero attached hydrogens (tertiary/aromatic N) is 4. The van der Waals surface area contributed by atoms with Gasteiger partial charge in [-0.15, -0.1) is 0 Å². The average Bonchev–Trinajstić information content (AvgIpc) is 3.19. The van der Waals surface area contributed by atoms with Crippen molar-refractivity contribution >= 4 is 5.82 Å². The lowest BCUT2D eigenvalue weighted by Crippen LogP contribution is -2.48. The van der Waals surface area contributed by atoms with E-state index in [1.165, 1.54) is 6.42 Å². The summed E-state index contributed by atoms with van der Waals surface area (Å²) in [5.74, 6) is 2.25. The van der Waals surface area contributed by atoms with Gasteiger partial charge < -0.3 is 14.6 Å². The van der Waals surface area contributed by atoms with E-state index in [1.807, 2.05) is 19.1 Å². The van der Waals surface area contributed by atoms with Gasteiger partial charge in [0.25, 0.3) is 5.56 Å². The highest BCUT2D eigenvalue weighted by atomic mass is 16.5. The number of rotatable bonds is 4. The van der Waals surface area contributed by atoms with E-state index in [9.17, 15) is 4.79 Å². The fourth-order valence-electron chi connectivity index (χ4n) is 3.75. The second-order valence-electron chi connectivity index (χ2n) is 7.55. The number of pyridine rings is 1. The van der Waals surface area contributed by atoms with Gasteiger partial charge in [0.15, 0.2) is 0 Å². The van der Waals surface area contributed by atoms with Crippen LogP contribution in [0.5, 0.6) is 0 Å². The minimum atomic E-state index is -0.0923. The van der Waals surface area contributed by atoms with Crippen molar-refractivity contribution in [3.8, 4) is 11.4 Å². The van der Waals surface area contributed by atoms with E-state index in [4.69, 9.17) is 4.74 Å². The minimum Gasteiger partial charge on any atom is -0.381 e. The van der Waals surface area contributed by atoms with Gasteiger partial charge in [-0.05, 0) is 38.3 Å². The van der Waals surface area contributed by atoms with Gasteiger partial charge in [-0.25, -0.2) is 9.97 Å². The lowest BCUT2D eigenvalue weighted by Gasteiger charge is -2.36. The number of hydrogen-bond acceptors (Lipinski definition) is 6. The zero-order chi connectivity index (χ0) is 18.8. The van der Waals surface area contributed by atoms with Gasteiger partial charge in [0.05, 0.1) is 6.61 Å². The molecule has 2 fully saturated rings. The first kappa shape index (κ1) is 18.1. The molecule has 0 spiro atoms. The Balaban J connectivity index is 1.39. The molecule has 2 aliphatic heterocycles. The van der Waals surface area contributed by atoms with E-state index in [0.29, 0.717) is 17.3 Å². The highest BCUT2D eigenvalue weighted by molar-refractivity contribution is 5.56. The number of aromatic nitrogens is 3. The molecule has 4 rings (SSSR count). The summed E-state index contributed by atoms with van der Waals surface area (Å²) in [4.78, 5) is 28.8. The van der Waals surface area contributed by atoms with Crippen molar-refractivity contribution in [3.63, 3.8) is 0 Å². The lowest BCUT2D eigenvalue weighted by molar-refractivity contribution is 0.164. The molecule has 1 N–H and O–H groups in total. The van der Waals surface area contributed by atoms with Crippen molar-refractivity contribution in [1.29, 1.82) is 0 Å². The van der Waals surface area contributed by atoms with Crippen LogP contribution in [0.25, 0.3) is 11.4 Å². The van der Waals surface area contributed by atoms with Crippen molar-refractivity contribution in [2.24, 2.45) is 5.92 Å². The molecule has 7 nitrogen and oxygen atoms in total. The van der Waals surface area contributed by atoms with Crippen LogP contribution in [-0.4, -0.2) is 65.8 Å². The van der Waals surface area contributed by atoms with E-state index in [1.54, 1.807) is 13.1 Å². The van der Waals surface area contributed by atoms with Crippen LogP contribution in [0.3, 0.4) is 0 Å². The Morgan fingerprint density at radius 1 is 1.22 bits per heavy atom. The quantitative estimate of drug-likeness (QED) is 0.883. The van der Waals surface area contributed by atoms with Gasteiger partial charge in [-0.3, -0.25) is 9.69 Å². The number of nitrogens with one attached hydrogen (secondary N) is 1. The zero-order valence-corrected chi connectivity index (χ0v) is 16.1. The summed E-state index contributed by atoms with van der Waals surface area (Å²) in [5.41, 5.74) is 2.15. The first-order chi connectivity index (χ1) is 13.1. The molecular formula is C20H27N5O2. The number of anilines is 1. The maximum Gasteiger partial charge on any atom is 0.254 e. The lowest BCUT2D eigenvalue weighted by atomic mass is 10.1. The van der Waals surface area contributed by atoms with Crippen LogP contribution in [0.15, 0.2) is 23.1 Å². The Kier molecular flexibility index (Phi) is 5.22. The molecule has 0 saturated carbocycles. The normalized spacial score (nSPS) is 21.0. The zero-order valence-electron chi connectivity index (χ0n) is 16.1. The smallest absolute Gasteiger partial charge is 0.254 e. The maximum absolute atomic E-state index is 12.0. The molecule has 0 aliphatic carbocycles. The van der Waals surface area contributed by atoms with Crippen LogP contribution >= 0.6 is 0 Å². The van der Waals surface area contributed by atoms with E-state index in [2.05, 4.69) is 24.8 Å².